The van der Waals surface area contributed by atoms with Crippen molar-refractivity contribution < 1.29 is 23.9 Å². The van der Waals surface area contributed by atoms with Gasteiger partial charge in [-0.3, -0.25) is 4.79 Å². The van der Waals surface area contributed by atoms with Gasteiger partial charge in [-0.05, 0) is 93.0 Å². The van der Waals surface area contributed by atoms with Gasteiger partial charge in [-0.1, -0.05) is 44.8 Å². The minimum atomic E-state index is -1.48. The van der Waals surface area contributed by atoms with Crippen molar-refractivity contribution in [1.29, 1.82) is 0 Å². The Bertz CT molecular complexity index is 1200. The van der Waals surface area contributed by atoms with Gasteiger partial charge in [-0.2, -0.15) is 0 Å². The van der Waals surface area contributed by atoms with Crippen LogP contribution in [0.25, 0.3) is 6.08 Å². The molecule has 7 nitrogen and oxygen atoms in total. The average Bonchev–Trinajstić information content (AvgIpc) is 2.86. The lowest BCUT2D eigenvalue weighted by Crippen LogP contribution is -2.57. The van der Waals surface area contributed by atoms with E-state index in [4.69, 9.17) is 0 Å². The molecule has 3 amide bonds. The van der Waals surface area contributed by atoms with Gasteiger partial charge in [0.05, 0.1) is 11.3 Å². The highest BCUT2D eigenvalue weighted by molar-refractivity contribution is 6.08. The summed E-state index contributed by atoms with van der Waals surface area (Å²) in [5.74, 6) is -2.67. The Hall–Kier alpha value is -3.68. The highest BCUT2D eigenvalue weighted by Crippen LogP contribution is 2.33. The van der Waals surface area contributed by atoms with E-state index >= 15 is 0 Å². The molecule has 204 valence electrons. The van der Waals surface area contributed by atoms with E-state index < -0.39 is 29.3 Å². The number of benzene rings is 2. The van der Waals surface area contributed by atoms with E-state index in [1.165, 1.54) is 13.0 Å². The van der Waals surface area contributed by atoms with Gasteiger partial charge in [0.15, 0.2) is 0 Å². The van der Waals surface area contributed by atoms with E-state index in [1.807, 2.05) is 32.1 Å². The molecule has 4 N–H and O–H groups in total. The van der Waals surface area contributed by atoms with E-state index in [9.17, 15) is 23.9 Å². The number of unbranched alkanes of at least 4 members (excludes halogenated alkanes) is 1. The fraction of sp³-hybridized carbons (Fsp3) is 0.433. The fourth-order valence-corrected chi connectivity index (χ4v) is 5.07. The van der Waals surface area contributed by atoms with Gasteiger partial charge in [0.25, 0.3) is 5.91 Å². The zero-order valence-corrected chi connectivity index (χ0v) is 22.6. The zero-order valence-electron chi connectivity index (χ0n) is 22.6. The summed E-state index contributed by atoms with van der Waals surface area (Å²) in [4.78, 5) is 38.4. The molecule has 1 saturated carbocycles. The number of urea groups is 1. The molecule has 0 aliphatic heterocycles. The number of allylic oxidation sites excluding steroid dienone is 1. The summed E-state index contributed by atoms with van der Waals surface area (Å²) in [5.41, 5.74) is 1.82. The lowest BCUT2D eigenvalue weighted by atomic mass is 9.75. The Kier molecular flexibility index (Phi) is 9.66. The summed E-state index contributed by atoms with van der Waals surface area (Å²) in [6.45, 7) is 7.40. The number of carbonyl (C=O) groups excluding carboxylic acids is 2. The number of rotatable bonds is 9. The summed E-state index contributed by atoms with van der Waals surface area (Å²) in [6.07, 6.45) is 10.4. The van der Waals surface area contributed by atoms with Crippen molar-refractivity contribution in [2.45, 2.75) is 78.2 Å². The SMILES string of the molecule is CCCC=Cc1cc(C)c(NC(=O)Nc2cc(F)ccc2C(=O)N[C@](C)(C(=O)O)C2CCCCC2)c(C)c1. The molecular weight excluding hydrogens is 485 g/mol. The van der Waals surface area contributed by atoms with Crippen molar-refractivity contribution in [2.75, 3.05) is 10.6 Å². The molecule has 2 aromatic carbocycles. The number of hydrogen-bond donors (Lipinski definition) is 4. The standard InChI is InChI=1S/C30H38FN3O4/c1-5-6-8-11-21-16-19(2)26(20(3)17-21)33-29(38)32-25-18-23(31)14-15-24(25)27(35)34-30(4,28(36)37)22-12-9-7-10-13-22/h8,11,14-18,22H,5-7,9-10,12-13H2,1-4H3,(H,34,35)(H,36,37)(H2,32,33,38)/t30-/m0/s1. The highest BCUT2D eigenvalue weighted by atomic mass is 19.1. The highest BCUT2D eigenvalue weighted by Gasteiger charge is 2.43. The molecule has 38 heavy (non-hydrogen) atoms. The second-order valence-corrected chi connectivity index (χ2v) is 10.3. The van der Waals surface area contributed by atoms with E-state index in [0.717, 1.165) is 60.9 Å². The zero-order chi connectivity index (χ0) is 27.9. The number of hydrogen-bond acceptors (Lipinski definition) is 3. The van der Waals surface area contributed by atoms with Gasteiger partial charge in [0.1, 0.15) is 11.4 Å². The smallest absolute Gasteiger partial charge is 0.329 e. The van der Waals surface area contributed by atoms with Crippen LogP contribution in [-0.4, -0.2) is 28.6 Å². The fourth-order valence-electron chi connectivity index (χ4n) is 5.07. The maximum atomic E-state index is 14.1. The quantitative estimate of drug-likeness (QED) is 0.282. The molecule has 1 aliphatic carbocycles. The van der Waals surface area contributed by atoms with E-state index in [0.29, 0.717) is 18.5 Å². The molecular formula is C30H38FN3O4. The molecule has 0 spiro atoms. The van der Waals surface area contributed by atoms with Crippen LogP contribution in [0.1, 0.15) is 85.8 Å². The van der Waals surface area contributed by atoms with Crippen molar-refractivity contribution in [3.05, 3.63) is 64.5 Å². The summed E-state index contributed by atoms with van der Waals surface area (Å²) in [7, 11) is 0. The molecule has 8 heteroatoms. The van der Waals surface area contributed by atoms with Crippen LogP contribution >= 0.6 is 0 Å². The number of amides is 3. The third-order valence-corrected chi connectivity index (χ3v) is 7.27. The minimum absolute atomic E-state index is 0.0188. The van der Waals surface area contributed by atoms with Crippen LogP contribution in [0, 0.1) is 25.6 Å². The Labute approximate surface area is 223 Å². The number of nitrogens with one attached hydrogen (secondary N) is 3. The van der Waals surface area contributed by atoms with E-state index in [1.54, 1.807) is 0 Å². The van der Waals surface area contributed by atoms with Crippen molar-refractivity contribution in [3.8, 4) is 0 Å². The number of carbonyl (C=O) groups is 3. The molecule has 0 heterocycles. The molecule has 1 aliphatic rings. The van der Waals surface area contributed by atoms with Gasteiger partial charge in [0.2, 0.25) is 0 Å². The molecule has 0 bridgehead atoms. The topological polar surface area (TPSA) is 108 Å². The number of halogens is 1. The van der Waals surface area contributed by atoms with E-state index in [2.05, 4.69) is 29.0 Å². The van der Waals surface area contributed by atoms with Crippen LogP contribution < -0.4 is 16.0 Å². The van der Waals surface area contributed by atoms with Crippen molar-refractivity contribution in [1.82, 2.24) is 5.32 Å². The average molecular weight is 524 g/mol. The molecule has 0 aromatic heterocycles. The van der Waals surface area contributed by atoms with Crippen LogP contribution in [-0.2, 0) is 4.79 Å². The molecule has 0 unspecified atom stereocenters. The summed E-state index contributed by atoms with van der Waals surface area (Å²) >= 11 is 0. The molecule has 1 atom stereocenters. The Balaban J connectivity index is 1.80. The largest absolute Gasteiger partial charge is 0.480 e. The number of carboxylic acid groups (broad SMARTS) is 1. The third kappa shape index (κ3) is 7.00. The van der Waals surface area contributed by atoms with Crippen molar-refractivity contribution in [3.63, 3.8) is 0 Å². The number of carboxylic acids is 1. The molecule has 3 rings (SSSR count). The monoisotopic (exact) mass is 523 g/mol. The first-order chi connectivity index (χ1) is 18.0. The Morgan fingerprint density at radius 1 is 1.05 bits per heavy atom. The first-order valence-electron chi connectivity index (χ1n) is 13.3. The van der Waals surface area contributed by atoms with E-state index in [-0.39, 0.29) is 17.2 Å². The summed E-state index contributed by atoms with van der Waals surface area (Å²) in [5, 5.41) is 18.0. The molecule has 1 fully saturated rings. The predicted molar refractivity (Wildman–Crippen MR) is 149 cm³/mol. The van der Waals surface area contributed by atoms with Gasteiger partial charge >= 0.3 is 12.0 Å². The number of anilines is 2. The predicted octanol–water partition coefficient (Wildman–Crippen LogP) is 7.05. The second kappa shape index (κ2) is 12.7. The second-order valence-electron chi connectivity index (χ2n) is 10.3. The number of aryl methyl sites for hydroxylation is 2. The first-order valence-corrected chi connectivity index (χ1v) is 13.3. The first kappa shape index (κ1) is 28.9. The van der Waals surface area contributed by atoms with Crippen LogP contribution in [0.2, 0.25) is 0 Å². The van der Waals surface area contributed by atoms with Crippen molar-refractivity contribution in [2.24, 2.45) is 5.92 Å². The summed E-state index contributed by atoms with van der Waals surface area (Å²) < 4.78 is 14.1. The van der Waals surface area contributed by atoms with Gasteiger partial charge in [-0.25, -0.2) is 14.0 Å². The maximum absolute atomic E-state index is 14.1. The van der Waals surface area contributed by atoms with Gasteiger partial charge in [0, 0.05) is 5.69 Å². The van der Waals surface area contributed by atoms with Gasteiger partial charge < -0.3 is 21.1 Å². The van der Waals surface area contributed by atoms with Gasteiger partial charge in [-0.15, -0.1) is 0 Å². The maximum Gasteiger partial charge on any atom is 0.329 e. The lowest BCUT2D eigenvalue weighted by Gasteiger charge is -2.37. The van der Waals surface area contributed by atoms with Crippen LogP contribution in [0.4, 0.5) is 20.6 Å². The van der Waals surface area contributed by atoms with Crippen LogP contribution in [0.15, 0.2) is 36.4 Å². The number of aliphatic carboxylic acids is 1. The Morgan fingerprint density at radius 3 is 2.32 bits per heavy atom. The third-order valence-electron chi connectivity index (χ3n) is 7.27. The molecule has 2 aromatic rings. The summed E-state index contributed by atoms with van der Waals surface area (Å²) in [6, 6.07) is 6.70. The van der Waals surface area contributed by atoms with Crippen LogP contribution in [0.3, 0.4) is 0 Å². The Morgan fingerprint density at radius 2 is 1.71 bits per heavy atom. The lowest BCUT2D eigenvalue weighted by molar-refractivity contribution is -0.146. The van der Waals surface area contributed by atoms with Crippen LogP contribution in [0.5, 0.6) is 0 Å². The molecule has 0 radical (unpaired) electrons. The normalized spacial score (nSPS) is 15.6. The van der Waals surface area contributed by atoms with Crippen molar-refractivity contribution >= 4 is 35.4 Å². The molecule has 0 saturated heterocycles. The minimum Gasteiger partial charge on any atom is -0.480 e.